The fraction of sp³-hybridized carbons (Fsp3) is 0. The third-order valence-corrected chi connectivity index (χ3v) is 1.34. The van der Waals surface area contributed by atoms with Crippen LogP contribution in [0, 0.1) is 17.2 Å². The summed E-state index contributed by atoms with van der Waals surface area (Å²) in [5.74, 6) is -0.592. The molecule has 0 saturated heterocycles. The van der Waals surface area contributed by atoms with E-state index >= 15 is 0 Å². The molecule has 0 bridgehead atoms. The molecule has 0 aromatic carbocycles. The van der Waals surface area contributed by atoms with E-state index in [0.717, 1.165) is 6.20 Å². The Bertz CT molecular complexity index is 398. The van der Waals surface area contributed by atoms with Gasteiger partial charge in [-0.05, 0) is 6.07 Å². The standard InChI is InChI=1S/C6H3FN3O/c7-5-1-4-2-8-9-6(4)10(11)3-5/h1,3H,(H,8,9). The van der Waals surface area contributed by atoms with Crippen molar-refractivity contribution >= 4 is 11.0 Å². The minimum Gasteiger partial charge on any atom is -0.710 e. The first kappa shape index (κ1) is 6.09. The minimum absolute atomic E-state index is 0.214. The number of hydrogen-bond donors (Lipinski definition) is 1. The van der Waals surface area contributed by atoms with E-state index in [1.807, 2.05) is 0 Å². The molecule has 0 aliphatic heterocycles. The molecule has 0 aliphatic carbocycles. The van der Waals surface area contributed by atoms with Crippen molar-refractivity contribution < 1.29 is 9.12 Å². The van der Waals surface area contributed by atoms with Gasteiger partial charge < -0.3 is 5.21 Å². The Balaban J connectivity index is 2.91. The van der Waals surface area contributed by atoms with Crippen molar-refractivity contribution in [1.29, 1.82) is 0 Å². The van der Waals surface area contributed by atoms with Crippen LogP contribution in [-0.2, 0) is 0 Å². The van der Waals surface area contributed by atoms with Gasteiger partial charge in [0.1, 0.15) is 11.6 Å². The second-order valence-corrected chi connectivity index (χ2v) is 2.08. The van der Waals surface area contributed by atoms with E-state index in [1.165, 1.54) is 6.07 Å². The maximum absolute atomic E-state index is 12.5. The Hall–Kier alpha value is -1.65. The van der Waals surface area contributed by atoms with Crippen molar-refractivity contribution in [3.63, 3.8) is 0 Å². The SMILES string of the molecule is [O-][n+]1cc(F)cc2[c]n[nH]c21. The van der Waals surface area contributed by atoms with Crippen molar-refractivity contribution in [1.82, 2.24) is 10.2 Å². The van der Waals surface area contributed by atoms with E-state index in [1.54, 1.807) is 0 Å². The fourth-order valence-corrected chi connectivity index (χ4v) is 0.875. The third kappa shape index (κ3) is 0.813. The number of pyridine rings is 1. The van der Waals surface area contributed by atoms with Gasteiger partial charge in [0.2, 0.25) is 0 Å². The molecule has 5 heteroatoms. The second kappa shape index (κ2) is 1.91. The van der Waals surface area contributed by atoms with Crippen LogP contribution in [0.5, 0.6) is 0 Å². The summed E-state index contributed by atoms with van der Waals surface area (Å²) in [6.07, 6.45) is 3.26. The zero-order chi connectivity index (χ0) is 7.84. The van der Waals surface area contributed by atoms with Gasteiger partial charge in [-0.2, -0.15) is 0 Å². The predicted octanol–water partition coefficient (Wildman–Crippen LogP) is 0.136. The number of aromatic amines is 1. The maximum Gasteiger partial charge on any atom is 0.312 e. The molecule has 0 aliphatic rings. The first-order valence-electron chi connectivity index (χ1n) is 2.92. The van der Waals surface area contributed by atoms with Crippen LogP contribution in [0.3, 0.4) is 0 Å². The van der Waals surface area contributed by atoms with E-state index in [0.29, 0.717) is 10.1 Å². The zero-order valence-electron chi connectivity index (χ0n) is 5.34. The molecule has 2 heterocycles. The number of aromatic nitrogens is 3. The number of fused-ring (bicyclic) bond motifs is 1. The zero-order valence-corrected chi connectivity index (χ0v) is 5.34. The normalized spacial score (nSPS) is 10.6. The maximum atomic E-state index is 12.5. The largest absolute Gasteiger partial charge is 0.710 e. The van der Waals surface area contributed by atoms with Crippen LogP contribution in [0.2, 0.25) is 0 Å². The average Bonchev–Trinajstić information content (AvgIpc) is 2.34. The van der Waals surface area contributed by atoms with Gasteiger partial charge in [-0.25, -0.2) is 9.12 Å². The summed E-state index contributed by atoms with van der Waals surface area (Å²) in [5.41, 5.74) is 0.214. The number of H-pyrrole nitrogens is 1. The molecular formula is C6H3FN3O. The van der Waals surface area contributed by atoms with Gasteiger partial charge in [0.15, 0.2) is 12.0 Å². The molecule has 1 N–H and O–H groups in total. The quantitative estimate of drug-likeness (QED) is 0.431. The number of rotatable bonds is 0. The van der Waals surface area contributed by atoms with Gasteiger partial charge in [-0.1, -0.05) is 5.10 Å². The molecule has 0 fully saturated rings. The third-order valence-electron chi connectivity index (χ3n) is 1.34. The summed E-state index contributed by atoms with van der Waals surface area (Å²) >= 11 is 0. The van der Waals surface area contributed by atoms with Crippen molar-refractivity contribution in [2.45, 2.75) is 0 Å². The molecule has 1 radical (unpaired) electrons. The van der Waals surface area contributed by atoms with Crippen LogP contribution in [0.15, 0.2) is 12.3 Å². The lowest BCUT2D eigenvalue weighted by atomic mass is 10.3. The molecule has 2 aromatic rings. The Kier molecular flexibility index (Phi) is 1.06. The van der Waals surface area contributed by atoms with Crippen LogP contribution >= 0.6 is 0 Å². The Labute approximate surface area is 60.9 Å². The lowest BCUT2D eigenvalue weighted by Gasteiger charge is -1.99. The van der Waals surface area contributed by atoms with Crippen LogP contribution in [0.4, 0.5) is 4.39 Å². The van der Waals surface area contributed by atoms with E-state index in [4.69, 9.17) is 0 Å². The molecule has 55 valence electrons. The highest BCUT2D eigenvalue weighted by atomic mass is 19.1. The highest BCUT2D eigenvalue weighted by Gasteiger charge is 2.06. The van der Waals surface area contributed by atoms with Crippen molar-refractivity contribution in [3.8, 4) is 0 Å². The summed E-state index contributed by atoms with van der Waals surface area (Å²) in [6, 6.07) is 1.19. The highest BCUT2D eigenvalue weighted by molar-refractivity contribution is 5.69. The van der Waals surface area contributed by atoms with Crippen LogP contribution < -0.4 is 4.73 Å². The smallest absolute Gasteiger partial charge is 0.312 e. The molecule has 0 unspecified atom stereocenters. The summed E-state index contributed by atoms with van der Waals surface area (Å²) in [5, 5.41) is 17.1. The van der Waals surface area contributed by atoms with E-state index in [9.17, 15) is 9.60 Å². The van der Waals surface area contributed by atoms with E-state index in [-0.39, 0.29) is 5.65 Å². The minimum atomic E-state index is -0.592. The summed E-state index contributed by atoms with van der Waals surface area (Å²) in [7, 11) is 0. The van der Waals surface area contributed by atoms with E-state index in [2.05, 4.69) is 16.4 Å². The molecule has 0 saturated carbocycles. The number of nitrogens with zero attached hydrogens (tertiary/aromatic N) is 2. The molecule has 2 rings (SSSR count). The van der Waals surface area contributed by atoms with Crippen LogP contribution in [0.1, 0.15) is 0 Å². The second-order valence-electron chi connectivity index (χ2n) is 2.08. The number of nitrogens with one attached hydrogen (secondary N) is 1. The lowest BCUT2D eigenvalue weighted by Crippen LogP contribution is -2.27. The van der Waals surface area contributed by atoms with Gasteiger partial charge in [0.05, 0.1) is 0 Å². The fourth-order valence-electron chi connectivity index (χ4n) is 0.875. The van der Waals surface area contributed by atoms with E-state index < -0.39 is 5.82 Å². The average molecular weight is 152 g/mol. The monoisotopic (exact) mass is 152 g/mol. The van der Waals surface area contributed by atoms with Gasteiger partial charge in [-0.15, -0.1) is 5.10 Å². The summed E-state index contributed by atoms with van der Waals surface area (Å²) < 4.78 is 12.9. The van der Waals surface area contributed by atoms with Crippen molar-refractivity contribution in [2.75, 3.05) is 0 Å². The lowest BCUT2D eigenvalue weighted by molar-refractivity contribution is -0.580. The highest BCUT2D eigenvalue weighted by Crippen LogP contribution is 2.05. The number of hydrogen-bond acceptors (Lipinski definition) is 2. The predicted molar refractivity (Wildman–Crippen MR) is 33.8 cm³/mol. The molecule has 11 heavy (non-hydrogen) atoms. The Morgan fingerprint density at radius 2 is 2.55 bits per heavy atom. The first-order valence-corrected chi connectivity index (χ1v) is 2.92. The van der Waals surface area contributed by atoms with Gasteiger partial charge >= 0.3 is 5.65 Å². The van der Waals surface area contributed by atoms with Crippen molar-refractivity contribution in [3.05, 3.63) is 29.5 Å². The molecule has 0 atom stereocenters. The summed E-state index contributed by atoms with van der Waals surface area (Å²) in [4.78, 5) is 0. The number of halogens is 1. The Morgan fingerprint density at radius 3 is 3.36 bits per heavy atom. The van der Waals surface area contributed by atoms with Gasteiger partial charge in [0, 0.05) is 0 Å². The molecule has 0 amide bonds. The molecule has 0 spiro atoms. The Morgan fingerprint density at radius 1 is 1.73 bits per heavy atom. The van der Waals surface area contributed by atoms with Crippen LogP contribution in [-0.4, -0.2) is 10.2 Å². The molecule has 2 aromatic heterocycles. The van der Waals surface area contributed by atoms with Crippen molar-refractivity contribution in [2.24, 2.45) is 0 Å². The molecular weight excluding hydrogens is 149 g/mol. The summed E-state index contributed by atoms with van der Waals surface area (Å²) in [6.45, 7) is 0. The molecule has 4 nitrogen and oxygen atoms in total. The van der Waals surface area contributed by atoms with Crippen LogP contribution in [0.25, 0.3) is 11.0 Å². The topological polar surface area (TPSA) is 55.6 Å². The first-order chi connectivity index (χ1) is 5.27. The van der Waals surface area contributed by atoms with Gasteiger partial charge in [-0.3, -0.25) is 0 Å². The van der Waals surface area contributed by atoms with Gasteiger partial charge in [0.25, 0.3) is 0 Å².